The minimum Gasteiger partial charge on any atom is -0.416 e. The molecule has 8 heteroatoms. The molecule has 4 nitrogen and oxygen atoms in total. The second-order valence-corrected chi connectivity index (χ2v) is 24.7. The lowest BCUT2D eigenvalue weighted by molar-refractivity contribution is 0.207. The van der Waals surface area contributed by atoms with Gasteiger partial charge >= 0.3 is 34.2 Å². The van der Waals surface area contributed by atoms with Crippen molar-refractivity contribution in [2.75, 3.05) is 0 Å². The van der Waals surface area contributed by atoms with Crippen LogP contribution < -0.4 is 0 Å². The van der Waals surface area contributed by atoms with Crippen molar-refractivity contribution in [3.05, 3.63) is 0 Å². The monoisotopic (exact) mass is 408 g/mol. The smallest absolute Gasteiger partial charge is 0.320 e. The Kier molecular flexibility index (Phi) is 6.66. The summed E-state index contributed by atoms with van der Waals surface area (Å²) >= 11 is 0. The summed E-state index contributed by atoms with van der Waals surface area (Å²) in [5, 5.41) is 0. The molecule has 144 valence electrons. The summed E-state index contributed by atoms with van der Waals surface area (Å²) in [7, 11) is -9.27. The summed E-state index contributed by atoms with van der Waals surface area (Å²) in [5.74, 6) is 0.514. The molecule has 0 saturated carbocycles. The van der Waals surface area contributed by atoms with E-state index >= 15 is 0 Å². The standard InChI is InChI=1S/C16H40O4Si4/c1-14(2)15(13-16(3,4)5)24(12)19-22(8,9)17-21(6,7)18-23(10,11)20-24/h14-15H,13H2,1-12H3. The van der Waals surface area contributed by atoms with Crippen molar-refractivity contribution >= 4 is 34.2 Å². The maximum absolute atomic E-state index is 6.83. The van der Waals surface area contributed by atoms with Gasteiger partial charge in [0.2, 0.25) is 0 Å². The van der Waals surface area contributed by atoms with Crippen LogP contribution in [0.4, 0.5) is 0 Å². The van der Waals surface area contributed by atoms with Gasteiger partial charge in [-0.05, 0) is 63.6 Å². The minimum atomic E-state index is -2.46. The first-order valence-electron chi connectivity index (χ1n) is 9.17. The van der Waals surface area contributed by atoms with Gasteiger partial charge in [-0.2, -0.15) is 0 Å². The Morgan fingerprint density at radius 3 is 1.29 bits per heavy atom. The fourth-order valence-electron chi connectivity index (χ4n) is 4.08. The molecule has 0 aromatic heterocycles. The summed E-state index contributed by atoms with van der Waals surface area (Å²) in [6, 6.07) is 0. The topological polar surface area (TPSA) is 36.9 Å². The molecule has 0 aliphatic carbocycles. The predicted octanol–water partition coefficient (Wildman–Crippen LogP) is 5.71. The summed E-state index contributed by atoms with van der Waals surface area (Å²) in [6.45, 7) is 26.6. The van der Waals surface area contributed by atoms with Gasteiger partial charge in [-0.15, -0.1) is 0 Å². The third-order valence-electron chi connectivity index (χ3n) is 4.19. The molecule has 1 unspecified atom stereocenters. The van der Waals surface area contributed by atoms with Crippen LogP contribution in [0, 0.1) is 11.3 Å². The van der Waals surface area contributed by atoms with E-state index in [2.05, 4.69) is 80.4 Å². The van der Waals surface area contributed by atoms with Gasteiger partial charge < -0.3 is 16.5 Å². The van der Waals surface area contributed by atoms with E-state index in [1.165, 1.54) is 0 Å². The van der Waals surface area contributed by atoms with Crippen molar-refractivity contribution in [1.29, 1.82) is 0 Å². The molecule has 1 rings (SSSR count). The van der Waals surface area contributed by atoms with Crippen LogP contribution in [0.2, 0.25) is 51.4 Å². The quantitative estimate of drug-likeness (QED) is 0.561. The zero-order chi connectivity index (χ0) is 19.2. The molecule has 1 aliphatic rings. The third-order valence-corrected chi connectivity index (χ3v) is 21.4. The van der Waals surface area contributed by atoms with Crippen LogP contribution in [-0.2, 0) is 16.5 Å². The van der Waals surface area contributed by atoms with E-state index in [4.69, 9.17) is 16.5 Å². The molecule has 0 radical (unpaired) electrons. The van der Waals surface area contributed by atoms with Crippen molar-refractivity contribution in [3.63, 3.8) is 0 Å². The molecular weight excluding hydrogens is 369 g/mol. The van der Waals surface area contributed by atoms with E-state index in [1.807, 2.05) is 0 Å². The Hall–Kier alpha value is 0.708. The third kappa shape index (κ3) is 6.79. The molecule has 0 aromatic carbocycles. The SMILES string of the molecule is CC(C)C(CC(C)(C)C)[Si]1(C)O[Si](C)(C)O[Si](C)(C)O[Si](C)(C)O1. The van der Waals surface area contributed by atoms with Crippen molar-refractivity contribution in [2.24, 2.45) is 11.3 Å². The molecule has 0 bridgehead atoms. The minimum absolute atomic E-state index is 0.243. The van der Waals surface area contributed by atoms with Crippen molar-refractivity contribution in [1.82, 2.24) is 0 Å². The van der Waals surface area contributed by atoms with Gasteiger partial charge in [-0.1, -0.05) is 34.6 Å². The van der Waals surface area contributed by atoms with Crippen LogP contribution in [0.3, 0.4) is 0 Å². The first kappa shape index (κ1) is 22.7. The maximum Gasteiger partial charge on any atom is 0.320 e. The van der Waals surface area contributed by atoms with Crippen LogP contribution in [0.25, 0.3) is 0 Å². The molecule has 1 fully saturated rings. The van der Waals surface area contributed by atoms with Crippen LogP contribution in [0.5, 0.6) is 0 Å². The highest BCUT2D eigenvalue weighted by atomic mass is 28.5. The molecule has 0 aromatic rings. The molecular formula is C16H40O4Si4. The lowest BCUT2D eigenvalue weighted by atomic mass is 9.87. The zero-order valence-electron chi connectivity index (χ0n) is 18.0. The fourth-order valence-corrected chi connectivity index (χ4v) is 26.9. The van der Waals surface area contributed by atoms with Gasteiger partial charge in [0.1, 0.15) is 0 Å². The van der Waals surface area contributed by atoms with E-state index in [-0.39, 0.29) is 5.41 Å². The Bertz CT molecular complexity index is 422. The van der Waals surface area contributed by atoms with Crippen LogP contribution in [-0.4, -0.2) is 34.2 Å². The van der Waals surface area contributed by atoms with Crippen molar-refractivity contribution in [3.8, 4) is 0 Å². The highest BCUT2D eigenvalue weighted by Crippen LogP contribution is 2.45. The molecule has 1 saturated heterocycles. The van der Waals surface area contributed by atoms with E-state index in [0.29, 0.717) is 11.5 Å². The van der Waals surface area contributed by atoms with Gasteiger partial charge in [0, 0.05) is 5.54 Å². The average molecular weight is 409 g/mol. The normalized spacial score (nSPS) is 27.4. The second kappa shape index (κ2) is 7.03. The van der Waals surface area contributed by atoms with Gasteiger partial charge in [0.15, 0.2) is 0 Å². The largest absolute Gasteiger partial charge is 0.416 e. The Morgan fingerprint density at radius 1 is 0.667 bits per heavy atom. The van der Waals surface area contributed by atoms with Gasteiger partial charge in [0.05, 0.1) is 0 Å². The number of hydrogen-bond donors (Lipinski definition) is 0. The lowest BCUT2D eigenvalue weighted by Crippen LogP contribution is -2.66. The molecule has 0 N–H and O–H groups in total. The predicted molar refractivity (Wildman–Crippen MR) is 111 cm³/mol. The molecule has 1 aliphatic heterocycles. The van der Waals surface area contributed by atoms with Crippen molar-refractivity contribution in [2.45, 2.75) is 92.4 Å². The summed E-state index contributed by atoms with van der Waals surface area (Å²) in [4.78, 5) is 0. The summed E-state index contributed by atoms with van der Waals surface area (Å²) in [6.07, 6.45) is 1.10. The first-order chi connectivity index (χ1) is 10.4. The molecule has 1 heterocycles. The van der Waals surface area contributed by atoms with Gasteiger partial charge in [-0.25, -0.2) is 0 Å². The number of rotatable bonds is 3. The molecule has 24 heavy (non-hydrogen) atoms. The van der Waals surface area contributed by atoms with E-state index < -0.39 is 34.2 Å². The molecule has 1 atom stereocenters. The Morgan fingerprint density at radius 2 is 1.00 bits per heavy atom. The van der Waals surface area contributed by atoms with Crippen LogP contribution in [0.15, 0.2) is 0 Å². The summed E-state index contributed by atoms with van der Waals surface area (Å²) in [5.41, 5.74) is 0.666. The van der Waals surface area contributed by atoms with Crippen molar-refractivity contribution < 1.29 is 16.5 Å². The molecule has 0 amide bonds. The van der Waals surface area contributed by atoms with E-state index in [0.717, 1.165) is 6.42 Å². The average Bonchev–Trinajstić information content (AvgIpc) is 2.16. The van der Waals surface area contributed by atoms with E-state index in [1.54, 1.807) is 0 Å². The second-order valence-electron chi connectivity index (χ2n) is 10.2. The molecule has 0 spiro atoms. The maximum atomic E-state index is 6.83. The van der Waals surface area contributed by atoms with Gasteiger partial charge in [-0.3, -0.25) is 0 Å². The number of hydrogen-bond acceptors (Lipinski definition) is 4. The fraction of sp³-hybridized carbons (Fsp3) is 1.00. The lowest BCUT2D eigenvalue weighted by Gasteiger charge is -2.51. The van der Waals surface area contributed by atoms with Gasteiger partial charge in [0.25, 0.3) is 0 Å². The Balaban J connectivity index is 3.29. The first-order valence-corrected chi connectivity index (χ1v) is 20.0. The van der Waals surface area contributed by atoms with Crippen LogP contribution >= 0.6 is 0 Å². The zero-order valence-corrected chi connectivity index (χ0v) is 22.0. The summed E-state index contributed by atoms with van der Waals surface area (Å²) < 4.78 is 26.6. The van der Waals surface area contributed by atoms with E-state index in [9.17, 15) is 0 Å². The Labute approximate surface area is 154 Å². The van der Waals surface area contributed by atoms with Crippen LogP contribution in [0.1, 0.15) is 41.0 Å². The highest BCUT2D eigenvalue weighted by molar-refractivity contribution is 6.93. The highest BCUT2D eigenvalue weighted by Gasteiger charge is 2.56.